The molecule has 2 aromatic heterocycles. The summed E-state index contributed by atoms with van der Waals surface area (Å²) in [6.45, 7) is 3.32. The zero-order valence-corrected chi connectivity index (χ0v) is 14.0. The van der Waals surface area contributed by atoms with E-state index in [2.05, 4.69) is 30.5 Å². The fourth-order valence-electron chi connectivity index (χ4n) is 2.92. The van der Waals surface area contributed by atoms with E-state index in [1.165, 1.54) is 0 Å². The van der Waals surface area contributed by atoms with E-state index in [9.17, 15) is 4.79 Å². The summed E-state index contributed by atoms with van der Waals surface area (Å²) in [5, 5.41) is 6.40. The monoisotopic (exact) mass is 326 g/mol. The predicted molar refractivity (Wildman–Crippen MR) is 94.7 cm³/mol. The van der Waals surface area contributed by atoms with Crippen LogP contribution in [-0.4, -0.2) is 46.9 Å². The van der Waals surface area contributed by atoms with Crippen molar-refractivity contribution in [1.29, 1.82) is 0 Å². The zero-order valence-electron chi connectivity index (χ0n) is 14.0. The minimum atomic E-state index is 0.0279. The van der Waals surface area contributed by atoms with Gasteiger partial charge >= 0.3 is 0 Å². The van der Waals surface area contributed by atoms with Crippen LogP contribution in [-0.2, 0) is 0 Å². The molecule has 3 rings (SSSR count). The SMILES string of the molecule is CNc1cc(N2CCCC2CNc2ccc(C(C)=O)cn2)ncn1. The molecule has 7 heteroatoms. The van der Waals surface area contributed by atoms with Crippen molar-refractivity contribution >= 4 is 23.2 Å². The van der Waals surface area contributed by atoms with Crippen molar-refractivity contribution < 1.29 is 4.79 Å². The molecule has 7 nitrogen and oxygen atoms in total. The van der Waals surface area contributed by atoms with Crippen LogP contribution >= 0.6 is 0 Å². The third kappa shape index (κ3) is 3.61. The maximum absolute atomic E-state index is 11.3. The van der Waals surface area contributed by atoms with Crippen molar-refractivity contribution in [1.82, 2.24) is 15.0 Å². The average Bonchev–Trinajstić information content (AvgIpc) is 3.09. The van der Waals surface area contributed by atoms with Crippen LogP contribution in [0.5, 0.6) is 0 Å². The maximum atomic E-state index is 11.3. The van der Waals surface area contributed by atoms with Crippen LogP contribution in [0.25, 0.3) is 0 Å². The number of nitrogens with zero attached hydrogens (tertiary/aromatic N) is 4. The van der Waals surface area contributed by atoms with E-state index < -0.39 is 0 Å². The molecule has 3 heterocycles. The Bertz CT molecular complexity index is 702. The van der Waals surface area contributed by atoms with E-state index in [0.717, 1.165) is 43.4 Å². The smallest absolute Gasteiger partial charge is 0.161 e. The Morgan fingerprint density at radius 2 is 2.17 bits per heavy atom. The highest BCUT2D eigenvalue weighted by Crippen LogP contribution is 2.25. The van der Waals surface area contributed by atoms with Gasteiger partial charge in [0.05, 0.1) is 0 Å². The fourth-order valence-corrected chi connectivity index (χ4v) is 2.92. The summed E-state index contributed by atoms with van der Waals surface area (Å²) in [7, 11) is 1.85. The van der Waals surface area contributed by atoms with Gasteiger partial charge in [-0.1, -0.05) is 0 Å². The van der Waals surface area contributed by atoms with Gasteiger partial charge in [-0.25, -0.2) is 15.0 Å². The van der Waals surface area contributed by atoms with Crippen LogP contribution in [0.4, 0.5) is 17.5 Å². The molecule has 126 valence electrons. The van der Waals surface area contributed by atoms with Crippen molar-refractivity contribution in [3.05, 3.63) is 36.3 Å². The van der Waals surface area contributed by atoms with Gasteiger partial charge in [-0.15, -0.1) is 0 Å². The number of anilines is 3. The Labute approximate surface area is 141 Å². The Hall–Kier alpha value is -2.70. The van der Waals surface area contributed by atoms with Crippen LogP contribution < -0.4 is 15.5 Å². The van der Waals surface area contributed by atoms with Gasteiger partial charge < -0.3 is 15.5 Å². The van der Waals surface area contributed by atoms with Crippen LogP contribution in [0.3, 0.4) is 0 Å². The number of Topliss-reactive ketones (excluding diaryl/α,β-unsaturated/α-hetero) is 1. The molecule has 1 aliphatic heterocycles. The van der Waals surface area contributed by atoms with Gasteiger partial charge in [0.2, 0.25) is 0 Å². The van der Waals surface area contributed by atoms with Gasteiger partial charge in [0.25, 0.3) is 0 Å². The highest BCUT2D eigenvalue weighted by atomic mass is 16.1. The van der Waals surface area contributed by atoms with Gasteiger partial charge in [-0.05, 0) is 31.9 Å². The highest BCUT2D eigenvalue weighted by molar-refractivity contribution is 5.93. The largest absolute Gasteiger partial charge is 0.373 e. The number of pyridine rings is 1. The van der Waals surface area contributed by atoms with Crippen molar-refractivity contribution in [3.63, 3.8) is 0 Å². The molecule has 1 atom stereocenters. The average molecular weight is 326 g/mol. The molecule has 1 fully saturated rings. The van der Waals surface area contributed by atoms with E-state index >= 15 is 0 Å². The second-order valence-electron chi connectivity index (χ2n) is 5.87. The number of carbonyl (C=O) groups is 1. The van der Waals surface area contributed by atoms with Crippen LogP contribution in [0, 0.1) is 0 Å². The van der Waals surface area contributed by atoms with E-state index in [4.69, 9.17) is 0 Å². The number of rotatable bonds is 6. The Morgan fingerprint density at radius 1 is 1.29 bits per heavy atom. The first-order chi connectivity index (χ1) is 11.7. The molecule has 2 aromatic rings. The van der Waals surface area contributed by atoms with Crippen molar-refractivity contribution in [2.75, 3.05) is 35.7 Å². The molecule has 0 bridgehead atoms. The van der Waals surface area contributed by atoms with Gasteiger partial charge in [-0.2, -0.15) is 0 Å². The molecule has 1 aliphatic rings. The van der Waals surface area contributed by atoms with Gasteiger partial charge in [0.1, 0.15) is 23.8 Å². The van der Waals surface area contributed by atoms with E-state index in [0.29, 0.717) is 11.6 Å². The molecule has 0 spiro atoms. The summed E-state index contributed by atoms with van der Waals surface area (Å²) in [6, 6.07) is 5.98. The Kier molecular flexibility index (Phi) is 4.88. The molecule has 0 aromatic carbocycles. The highest BCUT2D eigenvalue weighted by Gasteiger charge is 2.25. The summed E-state index contributed by atoms with van der Waals surface area (Å²) in [6.07, 6.45) is 5.45. The molecular weight excluding hydrogens is 304 g/mol. The lowest BCUT2D eigenvalue weighted by Crippen LogP contribution is -2.35. The lowest BCUT2D eigenvalue weighted by molar-refractivity contribution is 0.101. The van der Waals surface area contributed by atoms with Crippen molar-refractivity contribution in [2.24, 2.45) is 0 Å². The second kappa shape index (κ2) is 7.25. The van der Waals surface area contributed by atoms with Crippen molar-refractivity contribution in [3.8, 4) is 0 Å². The lowest BCUT2D eigenvalue weighted by atomic mass is 10.2. The third-order valence-corrected chi connectivity index (χ3v) is 4.27. The Morgan fingerprint density at radius 3 is 2.88 bits per heavy atom. The van der Waals surface area contributed by atoms with Gasteiger partial charge in [-0.3, -0.25) is 4.79 Å². The van der Waals surface area contributed by atoms with Gasteiger partial charge in [0.15, 0.2) is 5.78 Å². The third-order valence-electron chi connectivity index (χ3n) is 4.27. The molecule has 1 saturated heterocycles. The lowest BCUT2D eigenvalue weighted by Gasteiger charge is -2.26. The maximum Gasteiger partial charge on any atom is 0.161 e. The van der Waals surface area contributed by atoms with E-state index in [-0.39, 0.29) is 5.78 Å². The van der Waals surface area contributed by atoms with Crippen LogP contribution in [0.2, 0.25) is 0 Å². The molecule has 0 radical (unpaired) electrons. The Balaban J connectivity index is 1.64. The zero-order chi connectivity index (χ0) is 16.9. The fraction of sp³-hybridized carbons (Fsp3) is 0.412. The first-order valence-corrected chi connectivity index (χ1v) is 8.14. The van der Waals surface area contributed by atoms with E-state index in [1.807, 2.05) is 19.2 Å². The summed E-state index contributed by atoms with van der Waals surface area (Å²) in [4.78, 5) is 26.5. The molecular formula is C17H22N6O. The summed E-state index contributed by atoms with van der Waals surface area (Å²) in [5.41, 5.74) is 0.628. The van der Waals surface area contributed by atoms with Crippen LogP contribution in [0.15, 0.2) is 30.7 Å². The summed E-state index contributed by atoms with van der Waals surface area (Å²) in [5.74, 6) is 2.57. The standard InChI is InChI=1S/C17H22N6O/c1-12(24)13-5-6-15(19-9-13)20-10-14-4-3-7-23(14)17-8-16(18-2)21-11-22-17/h5-6,8-9,11,14H,3-4,7,10H2,1-2H3,(H,19,20)(H,18,21,22). The minimum Gasteiger partial charge on any atom is -0.373 e. The second-order valence-corrected chi connectivity index (χ2v) is 5.87. The predicted octanol–water partition coefficient (Wildman–Crippen LogP) is 2.20. The number of aromatic nitrogens is 3. The first-order valence-electron chi connectivity index (χ1n) is 8.14. The molecule has 24 heavy (non-hydrogen) atoms. The quantitative estimate of drug-likeness (QED) is 0.787. The molecule has 0 aliphatic carbocycles. The summed E-state index contributed by atoms with van der Waals surface area (Å²) >= 11 is 0. The number of carbonyl (C=O) groups excluding carboxylic acids is 1. The molecule has 1 unspecified atom stereocenters. The number of hydrogen-bond donors (Lipinski definition) is 2. The summed E-state index contributed by atoms with van der Waals surface area (Å²) < 4.78 is 0. The topological polar surface area (TPSA) is 83.0 Å². The minimum absolute atomic E-state index is 0.0279. The first kappa shape index (κ1) is 16.2. The van der Waals surface area contributed by atoms with E-state index in [1.54, 1.807) is 25.5 Å². The number of hydrogen-bond acceptors (Lipinski definition) is 7. The number of ketones is 1. The normalized spacial score (nSPS) is 16.9. The van der Waals surface area contributed by atoms with Gasteiger partial charge in [0, 0.05) is 44.0 Å². The molecule has 0 saturated carbocycles. The van der Waals surface area contributed by atoms with Crippen LogP contribution in [0.1, 0.15) is 30.1 Å². The molecule has 0 amide bonds. The molecule has 2 N–H and O–H groups in total. The van der Waals surface area contributed by atoms with Crippen molar-refractivity contribution in [2.45, 2.75) is 25.8 Å². The number of nitrogens with one attached hydrogen (secondary N) is 2.